The minimum Gasteiger partial charge on any atom is -0.353 e. The molecule has 20 heavy (non-hydrogen) atoms. The Morgan fingerprint density at radius 1 is 1.45 bits per heavy atom. The molecule has 1 saturated carbocycles. The van der Waals surface area contributed by atoms with E-state index in [1.807, 2.05) is 38.4 Å². The lowest BCUT2D eigenvalue weighted by molar-refractivity contribution is -0.124. The number of hydrogen-bond acceptors (Lipinski definition) is 2. The molecule has 1 aromatic carbocycles. The molecule has 2 rings (SSSR count). The van der Waals surface area contributed by atoms with E-state index in [2.05, 4.69) is 17.1 Å². The highest BCUT2D eigenvalue weighted by Gasteiger charge is 2.51. The van der Waals surface area contributed by atoms with Gasteiger partial charge >= 0.3 is 0 Å². The van der Waals surface area contributed by atoms with Crippen molar-refractivity contribution < 1.29 is 4.79 Å². The topological polar surface area (TPSA) is 32.3 Å². The van der Waals surface area contributed by atoms with E-state index in [4.69, 9.17) is 11.6 Å². The van der Waals surface area contributed by atoms with Crippen LogP contribution in [0, 0.1) is 0 Å². The molecule has 1 aliphatic rings. The highest BCUT2D eigenvalue weighted by molar-refractivity contribution is 6.30. The second-order valence-corrected chi connectivity index (χ2v) is 6.50. The molecule has 3 nitrogen and oxygen atoms in total. The zero-order chi connectivity index (χ0) is 14.8. The fraction of sp³-hybridized carbons (Fsp3) is 0.562. The lowest BCUT2D eigenvalue weighted by atomic mass is 9.94. The van der Waals surface area contributed by atoms with E-state index in [0.717, 1.165) is 31.4 Å². The minimum absolute atomic E-state index is 0.144. The molecule has 4 heteroatoms. The molecule has 110 valence electrons. The number of carbonyl (C=O) groups is 1. The van der Waals surface area contributed by atoms with Crippen LogP contribution in [0.25, 0.3) is 0 Å². The van der Waals surface area contributed by atoms with Crippen molar-refractivity contribution in [2.75, 3.05) is 20.6 Å². The van der Waals surface area contributed by atoms with E-state index in [9.17, 15) is 4.79 Å². The third-order valence-corrected chi connectivity index (χ3v) is 4.18. The third-order valence-electron chi connectivity index (χ3n) is 3.95. The average molecular weight is 295 g/mol. The zero-order valence-corrected chi connectivity index (χ0v) is 13.2. The molecule has 1 amide bonds. The molecular weight excluding hydrogens is 272 g/mol. The van der Waals surface area contributed by atoms with Crippen LogP contribution in [0.3, 0.4) is 0 Å². The van der Waals surface area contributed by atoms with Crippen molar-refractivity contribution in [3.63, 3.8) is 0 Å². The van der Waals surface area contributed by atoms with E-state index < -0.39 is 0 Å². The molecule has 0 spiro atoms. The Morgan fingerprint density at radius 3 is 2.70 bits per heavy atom. The Labute approximate surface area is 126 Å². The summed E-state index contributed by atoms with van der Waals surface area (Å²) >= 11 is 6.04. The lowest BCUT2D eigenvalue weighted by Crippen LogP contribution is -2.41. The van der Waals surface area contributed by atoms with E-state index >= 15 is 0 Å². The van der Waals surface area contributed by atoms with Gasteiger partial charge in [0.2, 0.25) is 5.91 Å². The first-order valence-electron chi connectivity index (χ1n) is 7.16. The standard InChI is InChI=1S/C16H23ClN2O/c1-12(7-10-19(2)3)18-15(20)16(8-9-16)13-5-4-6-14(17)11-13/h4-6,11-12H,7-10H2,1-3H3,(H,18,20)/t12-/m1/s1. The first kappa shape index (κ1) is 15.3. The Morgan fingerprint density at radius 2 is 2.15 bits per heavy atom. The molecule has 0 saturated heterocycles. The molecule has 1 aromatic rings. The molecule has 0 radical (unpaired) electrons. The van der Waals surface area contributed by atoms with Gasteiger partial charge in [-0.25, -0.2) is 0 Å². The molecule has 1 aliphatic carbocycles. The van der Waals surface area contributed by atoms with Crippen molar-refractivity contribution in [3.05, 3.63) is 34.9 Å². The van der Waals surface area contributed by atoms with Gasteiger partial charge in [0.05, 0.1) is 5.41 Å². The number of nitrogens with one attached hydrogen (secondary N) is 1. The summed E-state index contributed by atoms with van der Waals surface area (Å²) in [6, 6.07) is 7.88. The molecule has 0 unspecified atom stereocenters. The van der Waals surface area contributed by atoms with Gasteiger partial charge in [0.15, 0.2) is 0 Å². The highest BCUT2D eigenvalue weighted by atomic mass is 35.5. The highest BCUT2D eigenvalue weighted by Crippen LogP contribution is 2.48. The summed E-state index contributed by atoms with van der Waals surface area (Å²) in [6.07, 6.45) is 2.80. The van der Waals surface area contributed by atoms with Gasteiger partial charge in [-0.15, -0.1) is 0 Å². The predicted octanol–water partition coefficient (Wildman–Crippen LogP) is 2.83. The molecule has 0 heterocycles. The molecule has 0 aromatic heterocycles. The van der Waals surface area contributed by atoms with Crippen LogP contribution < -0.4 is 5.32 Å². The van der Waals surface area contributed by atoms with Crippen molar-refractivity contribution >= 4 is 17.5 Å². The predicted molar refractivity (Wildman–Crippen MR) is 83.1 cm³/mol. The fourth-order valence-electron chi connectivity index (χ4n) is 2.44. The smallest absolute Gasteiger partial charge is 0.230 e. The summed E-state index contributed by atoms with van der Waals surface area (Å²) in [7, 11) is 4.09. The molecule has 0 bridgehead atoms. The summed E-state index contributed by atoms with van der Waals surface area (Å²) in [5, 5.41) is 3.84. The van der Waals surface area contributed by atoms with Crippen LogP contribution in [0.15, 0.2) is 24.3 Å². The number of carbonyl (C=O) groups excluding carboxylic acids is 1. The van der Waals surface area contributed by atoms with E-state index in [-0.39, 0.29) is 17.4 Å². The molecule has 1 fully saturated rings. The SMILES string of the molecule is C[C@H](CCN(C)C)NC(=O)C1(c2cccc(Cl)c2)CC1. The molecule has 0 aliphatic heterocycles. The summed E-state index contributed by atoms with van der Waals surface area (Å²) in [6.45, 7) is 3.04. The van der Waals surface area contributed by atoms with E-state index in [0.29, 0.717) is 5.02 Å². The number of halogens is 1. The van der Waals surface area contributed by atoms with Crippen LogP contribution in [0.2, 0.25) is 5.02 Å². The van der Waals surface area contributed by atoms with Crippen LogP contribution in [-0.2, 0) is 10.2 Å². The number of benzene rings is 1. The van der Waals surface area contributed by atoms with E-state index in [1.54, 1.807) is 0 Å². The maximum absolute atomic E-state index is 12.5. The van der Waals surface area contributed by atoms with Gasteiger partial charge in [-0.3, -0.25) is 4.79 Å². The maximum atomic E-state index is 12.5. The lowest BCUT2D eigenvalue weighted by Gasteiger charge is -2.21. The summed E-state index contributed by atoms with van der Waals surface area (Å²) in [5.74, 6) is 0.144. The molecule has 1 atom stereocenters. The van der Waals surface area contributed by atoms with E-state index in [1.165, 1.54) is 0 Å². The minimum atomic E-state index is -0.336. The van der Waals surface area contributed by atoms with Crippen LogP contribution in [0.4, 0.5) is 0 Å². The van der Waals surface area contributed by atoms with Crippen LogP contribution in [-0.4, -0.2) is 37.5 Å². The monoisotopic (exact) mass is 294 g/mol. The normalized spacial score (nSPS) is 17.9. The Balaban J connectivity index is 1.98. The first-order chi connectivity index (χ1) is 9.44. The van der Waals surface area contributed by atoms with Gasteiger partial charge in [0.1, 0.15) is 0 Å². The first-order valence-corrected chi connectivity index (χ1v) is 7.53. The summed E-state index contributed by atoms with van der Waals surface area (Å²) in [4.78, 5) is 14.7. The average Bonchev–Trinajstić information content (AvgIpc) is 3.18. The van der Waals surface area contributed by atoms with Crippen molar-refractivity contribution in [1.82, 2.24) is 10.2 Å². The number of amides is 1. The quantitative estimate of drug-likeness (QED) is 0.875. The van der Waals surface area contributed by atoms with Gasteiger partial charge in [0.25, 0.3) is 0 Å². The Bertz CT molecular complexity index is 483. The Kier molecular flexibility index (Phi) is 4.71. The van der Waals surface area contributed by atoms with Gasteiger partial charge in [-0.05, 0) is 64.5 Å². The third kappa shape index (κ3) is 3.53. The number of hydrogen-bond donors (Lipinski definition) is 1. The largest absolute Gasteiger partial charge is 0.353 e. The second kappa shape index (κ2) is 6.15. The van der Waals surface area contributed by atoms with Crippen molar-refractivity contribution in [3.8, 4) is 0 Å². The summed E-state index contributed by atoms with van der Waals surface area (Å²) < 4.78 is 0. The second-order valence-electron chi connectivity index (χ2n) is 6.06. The van der Waals surface area contributed by atoms with Crippen molar-refractivity contribution in [2.45, 2.75) is 37.6 Å². The van der Waals surface area contributed by atoms with Crippen LogP contribution in [0.1, 0.15) is 31.7 Å². The number of nitrogens with zero attached hydrogens (tertiary/aromatic N) is 1. The van der Waals surface area contributed by atoms with Crippen molar-refractivity contribution in [1.29, 1.82) is 0 Å². The van der Waals surface area contributed by atoms with Crippen molar-refractivity contribution in [2.24, 2.45) is 0 Å². The molecular formula is C16H23ClN2O. The Hall–Kier alpha value is -1.06. The van der Waals surface area contributed by atoms with Crippen LogP contribution >= 0.6 is 11.6 Å². The molecule has 1 N–H and O–H groups in total. The van der Waals surface area contributed by atoms with Gasteiger partial charge in [-0.1, -0.05) is 23.7 Å². The zero-order valence-electron chi connectivity index (χ0n) is 12.4. The van der Waals surface area contributed by atoms with Crippen LogP contribution in [0.5, 0.6) is 0 Å². The van der Waals surface area contributed by atoms with Gasteiger partial charge in [0, 0.05) is 11.1 Å². The summed E-state index contributed by atoms with van der Waals surface area (Å²) in [5.41, 5.74) is 0.708. The number of rotatable bonds is 6. The van der Waals surface area contributed by atoms with Gasteiger partial charge < -0.3 is 10.2 Å². The maximum Gasteiger partial charge on any atom is 0.230 e. The van der Waals surface area contributed by atoms with Gasteiger partial charge in [-0.2, -0.15) is 0 Å². The fourth-order valence-corrected chi connectivity index (χ4v) is 2.63.